The van der Waals surface area contributed by atoms with Gasteiger partial charge in [0, 0.05) is 17.1 Å². The van der Waals surface area contributed by atoms with Crippen LogP contribution in [0.4, 0.5) is 0 Å². The van der Waals surface area contributed by atoms with Crippen LogP contribution in [0, 0.1) is 0 Å². The lowest BCUT2D eigenvalue weighted by Gasteiger charge is -2.26. The summed E-state index contributed by atoms with van der Waals surface area (Å²) in [5.74, 6) is -0.420. The van der Waals surface area contributed by atoms with Crippen LogP contribution in [0.5, 0.6) is 11.5 Å². The Bertz CT molecular complexity index is 1020. The number of ether oxygens (including phenoxy) is 2. The minimum atomic E-state index is -0.718. The second-order valence-electron chi connectivity index (χ2n) is 6.91. The summed E-state index contributed by atoms with van der Waals surface area (Å²) in [7, 11) is 0. The number of Topliss-reactive ketones (excluding diaryl/α,β-unsaturated/α-hetero) is 1. The number of rotatable bonds is 4. The molecular formula is C22H20ClNO5. The smallest absolute Gasteiger partial charge is 0.295 e. The first kappa shape index (κ1) is 19.3. The summed E-state index contributed by atoms with van der Waals surface area (Å²) in [6, 6.07) is 11.2. The number of carbonyl (C=O) groups is 2. The summed E-state index contributed by atoms with van der Waals surface area (Å²) in [5, 5.41) is 11.4. The van der Waals surface area contributed by atoms with Crippen LogP contribution in [0.3, 0.4) is 0 Å². The number of aliphatic hydroxyl groups excluding tert-OH is 1. The molecule has 1 saturated heterocycles. The molecule has 0 spiro atoms. The Morgan fingerprint density at radius 3 is 2.62 bits per heavy atom. The molecule has 1 fully saturated rings. The molecule has 4 rings (SSSR count). The predicted molar refractivity (Wildman–Crippen MR) is 108 cm³/mol. The Balaban J connectivity index is 1.87. The molecule has 1 unspecified atom stereocenters. The molecule has 1 atom stereocenters. The van der Waals surface area contributed by atoms with Crippen LogP contribution in [-0.2, 0) is 9.59 Å². The first-order valence-corrected chi connectivity index (χ1v) is 9.83. The van der Waals surface area contributed by atoms with Crippen LogP contribution in [0.2, 0.25) is 5.02 Å². The number of likely N-dealkylation sites (tertiary alicyclic amines) is 1. The number of amides is 1. The van der Waals surface area contributed by atoms with Gasteiger partial charge in [-0.15, -0.1) is 0 Å². The normalized spacial score (nSPS) is 20.2. The maximum atomic E-state index is 12.9. The van der Waals surface area contributed by atoms with Gasteiger partial charge >= 0.3 is 0 Å². The second kappa shape index (κ2) is 7.79. The van der Waals surface area contributed by atoms with Gasteiger partial charge in [-0.25, -0.2) is 0 Å². The lowest BCUT2D eigenvalue weighted by molar-refractivity contribution is -0.139. The fraction of sp³-hybridized carbons (Fsp3) is 0.273. The molecule has 2 aromatic rings. The fourth-order valence-corrected chi connectivity index (χ4v) is 3.91. The summed E-state index contributed by atoms with van der Waals surface area (Å²) in [5.41, 5.74) is 1.10. The van der Waals surface area contributed by atoms with Crippen molar-refractivity contribution in [3.8, 4) is 11.5 Å². The van der Waals surface area contributed by atoms with E-state index in [9.17, 15) is 14.7 Å². The topological polar surface area (TPSA) is 76.1 Å². The molecule has 0 bridgehead atoms. The van der Waals surface area contributed by atoms with Crippen molar-refractivity contribution in [2.45, 2.75) is 19.4 Å². The molecule has 2 aliphatic heterocycles. The van der Waals surface area contributed by atoms with Crippen LogP contribution in [-0.4, -0.2) is 41.5 Å². The van der Waals surface area contributed by atoms with Gasteiger partial charge in [0.25, 0.3) is 11.7 Å². The van der Waals surface area contributed by atoms with Crippen LogP contribution < -0.4 is 9.47 Å². The van der Waals surface area contributed by atoms with E-state index >= 15 is 0 Å². The number of fused-ring (bicyclic) bond motifs is 1. The SMILES string of the molecule is CCCN1C(=O)C(=O)/C(=C(\O)c2cccc(Cl)c2)C1c1ccc2c(c1)OCCO2. The summed E-state index contributed by atoms with van der Waals surface area (Å²) in [6.07, 6.45) is 0.672. The number of halogens is 1. The molecule has 29 heavy (non-hydrogen) atoms. The van der Waals surface area contributed by atoms with Crippen LogP contribution in [0.15, 0.2) is 48.0 Å². The van der Waals surface area contributed by atoms with Gasteiger partial charge in [0.2, 0.25) is 0 Å². The summed E-state index contributed by atoms with van der Waals surface area (Å²) in [6.45, 7) is 3.21. The third-order valence-electron chi connectivity index (χ3n) is 4.98. The minimum absolute atomic E-state index is 0.0439. The number of aliphatic hydroxyl groups is 1. The van der Waals surface area contributed by atoms with E-state index in [1.807, 2.05) is 6.92 Å². The molecule has 0 aliphatic carbocycles. The quantitative estimate of drug-likeness (QED) is 0.466. The van der Waals surface area contributed by atoms with Gasteiger partial charge in [-0.2, -0.15) is 0 Å². The van der Waals surface area contributed by atoms with Gasteiger partial charge in [0.1, 0.15) is 19.0 Å². The van der Waals surface area contributed by atoms with Crippen LogP contribution in [0.25, 0.3) is 5.76 Å². The van der Waals surface area contributed by atoms with Gasteiger partial charge < -0.3 is 19.5 Å². The summed E-state index contributed by atoms with van der Waals surface area (Å²) in [4.78, 5) is 27.1. The van der Waals surface area contributed by atoms with Gasteiger partial charge in [-0.05, 0) is 36.2 Å². The molecule has 0 saturated carbocycles. The standard InChI is InChI=1S/C22H20ClNO5/c1-2-8-24-19(13-6-7-16-17(12-13)29-10-9-28-16)18(21(26)22(24)27)20(25)14-4-3-5-15(23)11-14/h3-7,11-12,19,25H,2,8-10H2,1H3/b20-18-. The number of carbonyl (C=O) groups excluding carboxylic acids is 2. The maximum Gasteiger partial charge on any atom is 0.295 e. The largest absolute Gasteiger partial charge is 0.507 e. The van der Waals surface area contributed by atoms with Crippen molar-refractivity contribution in [2.75, 3.05) is 19.8 Å². The Labute approximate surface area is 173 Å². The van der Waals surface area contributed by atoms with E-state index in [1.54, 1.807) is 42.5 Å². The molecule has 6 nitrogen and oxygen atoms in total. The molecule has 150 valence electrons. The van der Waals surface area contributed by atoms with Gasteiger partial charge in [0.15, 0.2) is 11.5 Å². The van der Waals surface area contributed by atoms with Gasteiger partial charge in [0.05, 0.1) is 11.6 Å². The zero-order chi connectivity index (χ0) is 20.5. The molecule has 7 heteroatoms. The van der Waals surface area contributed by atoms with E-state index < -0.39 is 17.7 Å². The molecule has 2 aromatic carbocycles. The van der Waals surface area contributed by atoms with E-state index in [1.165, 1.54) is 4.90 Å². The second-order valence-corrected chi connectivity index (χ2v) is 7.34. The van der Waals surface area contributed by atoms with Crippen molar-refractivity contribution in [3.63, 3.8) is 0 Å². The predicted octanol–water partition coefficient (Wildman–Crippen LogP) is 3.94. The lowest BCUT2D eigenvalue weighted by atomic mass is 9.95. The average molecular weight is 414 g/mol. The number of benzene rings is 2. The minimum Gasteiger partial charge on any atom is -0.507 e. The van der Waals surface area contributed by atoms with Crippen LogP contribution in [0.1, 0.15) is 30.5 Å². The van der Waals surface area contributed by atoms with Gasteiger partial charge in [-0.1, -0.05) is 36.7 Å². The Morgan fingerprint density at radius 2 is 1.90 bits per heavy atom. The Hall–Kier alpha value is -2.99. The summed E-state index contributed by atoms with van der Waals surface area (Å²) < 4.78 is 11.2. The molecule has 1 N–H and O–H groups in total. The molecule has 1 amide bonds. The third-order valence-corrected chi connectivity index (χ3v) is 5.22. The van der Waals surface area contributed by atoms with Crippen molar-refractivity contribution in [1.82, 2.24) is 4.90 Å². The van der Waals surface area contributed by atoms with Crippen LogP contribution >= 0.6 is 11.6 Å². The molecule has 2 aliphatic rings. The van der Waals surface area contributed by atoms with E-state index in [4.69, 9.17) is 21.1 Å². The van der Waals surface area contributed by atoms with Crippen molar-refractivity contribution in [3.05, 3.63) is 64.2 Å². The highest BCUT2D eigenvalue weighted by Gasteiger charge is 2.46. The lowest BCUT2D eigenvalue weighted by Crippen LogP contribution is -2.30. The highest BCUT2D eigenvalue weighted by atomic mass is 35.5. The average Bonchev–Trinajstić information content (AvgIpc) is 2.98. The Morgan fingerprint density at radius 1 is 1.14 bits per heavy atom. The zero-order valence-corrected chi connectivity index (χ0v) is 16.6. The van der Waals surface area contributed by atoms with Crippen molar-refractivity contribution < 1.29 is 24.2 Å². The first-order chi connectivity index (χ1) is 14.0. The number of ketones is 1. The highest BCUT2D eigenvalue weighted by Crippen LogP contribution is 2.42. The number of hydrogen-bond donors (Lipinski definition) is 1. The van der Waals surface area contributed by atoms with Crippen molar-refractivity contribution in [2.24, 2.45) is 0 Å². The molecule has 0 radical (unpaired) electrons. The third kappa shape index (κ3) is 3.44. The zero-order valence-electron chi connectivity index (χ0n) is 15.9. The molecular weight excluding hydrogens is 394 g/mol. The number of nitrogens with zero attached hydrogens (tertiary/aromatic N) is 1. The maximum absolute atomic E-state index is 12.9. The van der Waals surface area contributed by atoms with E-state index in [-0.39, 0.29) is 11.3 Å². The van der Waals surface area contributed by atoms with Crippen molar-refractivity contribution >= 4 is 29.1 Å². The Kier molecular flexibility index (Phi) is 5.20. The monoisotopic (exact) mass is 413 g/mol. The first-order valence-electron chi connectivity index (χ1n) is 9.45. The van der Waals surface area contributed by atoms with Gasteiger partial charge in [-0.3, -0.25) is 9.59 Å². The molecule has 0 aromatic heterocycles. The number of hydrogen-bond acceptors (Lipinski definition) is 5. The van der Waals surface area contributed by atoms with E-state index in [2.05, 4.69) is 0 Å². The van der Waals surface area contributed by atoms with E-state index in [0.717, 1.165) is 0 Å². The highest BCUT2D eigenvalue weighted by molar-refractivity contribution is 6.46. The summed E-state index contributed by atoms with van der Waals surface area (Å²) >= 11 is 6.05. The van der Waals surface area contributed by atoms with E-state index in [0.29, 0.717) is 53.8 Å². The fourth-order valence-electron chi connectivity index (χ4n) is 3.72. The molecule has 2 heterocycles. The van der Waals surface area contributed by atoms with Crippen molar-refractivity contribution in [1.29, 1.82) is 0 Å².